The molecule has 2 rings (SSSR count). The lowest BCUT2D eigenvalue weighted by Gasteiger charge is -2.06. The maximum absolute atomic E-state index is 13.6. The van der Waals surface area contributed by atoms with Crippen LogP contribution in [0, 0.1) is 5.82 Å². The Hall–Kier alpha value is -1.67. The van der Waals surface area contributed by atoms with Gasteiger partial charge >= 0.3 is 0 Å². The van der Waals surface area contributed by atoms with E-state index >= 15 is 0 Å². The molecule has 0 aromatic heterocycles. The van der Waals surface area contributed by atoms with Crippen LogP contribution in [0.5, 0.6) is 0 Å². The first-order valence-electron chi connectivity index (χ1n) is 5.29. The molecule has 0 saturated carbocycles. The molecule has 0 spiro atoms. The number of rotatable bonds is 3. The standard InChI is InChI=1S/C14H14FN/c1-16-10-11-5-4-6-12(9-11)13-7-2-3-8-14(13)15/h2-9,16H,10H2,1H3. The van der Waals surface area contributed by atoms with Gasteiger partial charge in [0, 0.05) is 12.1 Å². The molecule has 0 aliphatic heterocycles. The molecule has 0 heterocycles. The summed E-state index contributed by atoms with van der Waals surface area (Å²) in [4.78, 5) is 0. The van der Waals surface area contributed by atoms with Crippen LogP contribution in [-0.2, 0) is 6.54 Å². The van der Waals surface area contributed by atoms with E-state index in [1.54, 1.807) is 12.1 Å². The summed E-state index contributed by atoms with van der Waals surface area (Å²) < 4.78 is 13.6. The molecule has 0 aliphatic rings. The lowest BCUT2D eigenvalue weighted by molar-refractivity contribution is 0.631. The molecule has 1 N–H and O–H groups in total. The van der Waals surface area contributed by atoms with Crippen LogP contribution in [0.15, 0.2) is 48.5 Å². The summed E-state index contributed by atoms with van der Waals surface area (Å²) >= 11 is 0. The van der Waals surface area contributed by atoms with Crippen molar-refractivity contribution in [1.29, 1.82) is 0 Å². The Kier molecular flexibility index (Phi) is 3.32. The van der Waals surface area contributed by atoms with Crippen LogP contribution in [0.1, 0.15) is 5.56 Å². The van der Waals surface area contributed by atoms with Gasteiger partial charge in [-0.2, -0.15) is 0 Å². The highest BCUT2D eigenvalue weighted by Crippen LogP contribution is 2.23. The van der Waals surface area contributed by atoms with Crippen molar-refractivity contribution in [3.63, 3.8) is 0 Å². The Morgan fingerprint density at radius 3 is 2.62 bits per heavy atom. The lowest BCUT2D eigenvalue weighted by atomic mass is 10.0. The number of hydrogen-bond acceptors (Lipinski definition) is 1. The van der Waals surface area contributed by atoms with Gasteiger partial charge in [-0.3, -0.25) is 0 Å². The van der Waals surface area contributed by atoms with E-state index < -0.39 is 0 Å². The minimum Gasteiger partial charge on any atom is -0.316 e. The van der Waals surface area contributed by atoms with Crippen LogP contribution in [0.2, 0.25) is 0 Å². The van der Waals surface area contributed by atoms with E-state index in [0.29, 0.717) is 5.56 Å². The fourth-order valence-electron chi connectivity index (χ4n) is 1.75. The molecular formula is C14H14FN. The third kappa shape index (κ3) is 2.28. The zero-order chi connectivity index (χ0) is 11.4. The Bertz CT molecular complexity index is 480. The second-order valence-corrected chi connectivity index (χ2v) is 3.71. The minimum atomic E-state index is -0.177. The van der Waals surface area contributed by atoms with Crippen LogP contribution in [0.3, 0.4) is 0 Å². The number of benzene rings is 2. The highest BCUT2D eigenvalue weighted by atomic mass is 19.1. The van der Waals surface area contributed by atoms with Gasteiger partial charge in [0.2, 0.25) is 0 Å². The molecule has 0 amide bonds. The van der Waals surface area contributed by atoms with Crippen molar-refractivity contribution in [2.45, 2.75) is 6.54 Å². The minimum absolute atomic E-state index is 0.177. The van der Waals surface area contributed by atoms with Crippen molar-refractivity contribution in [1.82, 2.24) is 5.32 Å². The Morgan fingerprint density at radius 2 is 1.88 bits per heavy atom. The molecule has 0 atom stereocenters. The SMILES string of the molecule is CNCc1cccc(-c2ccccc2F)c1. The lowest BCUT2D eigenvalue weighted by Crippen LogP contribution is -2.04. The zero-order valence-corrected chi connectivity index (χ0v) is 9.20. The van der Waals surface area contributed by atoms with Gasteiger partial charge < -0.3 is 5.32 Å². The summed E-state index contributed by atoms with van der Waals surface area (Å²) in [6, 6.07) is 14.8. The van der Waals surface area contributed by atoms with Crippen LogP contribution < -0.4 is 5.32 Å². The molecule has 0 aliphatic carbocycles. The summed E-state index contributed by atoms with van der Waals surface area (Å²) in [6.07, 6.45) is 0. The average molecular weight is 215 g/mol. The molecule has 2 heteroatoms. The monoisotopic (exact) mass is 215 g/mol. The van der Waals surface area contributed by atoms with Crippen molar-refractivity contribution < 1.29 is 4.39 Å². The predicted molar refractivity (Wildman–Crippen MR) is 64.6 cm³/mol. The van der Waals surface area contributed by atoms with E-state index in [2.05, 4.69) is 5.32 Å². The van der Waals surface area contributed by atoms with Gasteiger partial charge in [0.15, 0.2) is 0 Å². The Morgan fingerprint density at radius 1 is 1.06 bits per heavy atom. The van der Waals surface area contributed by atoms with Crippen LogP contribution in [-0.4, -0.2) is 7.05 Å². The van der Waals surface area contributed by atoms with E-state index in [1.165, 1.54) is 6.07 Å². The molecular weight excluding hydrogens is 201 g/mol. The van der Waals surface area contributed by atoms with E-state index in [1.807, 2.05) is 37.4 Å². The third-order valence-electron chi connectivity index (χ3n) is 2.49. The van der Waals surface area contributed by atoms with Gasteiger partial charge in [0.05, 0.1) is 0 Å². The molecule has 16 heavy (non-hydrogen) atoms. The molecule has 1 nitrogen and oxygen atoms in total. The maximum atomic E-state index is 13.6. The Balaban J connectivity index is 2.40. The molecule has 2 aromatic carbocycles. The Labute approximate surface area is 94.9 Å². The summed E-state index contributed by atoms with van der Waals surface area (Å²) in [5, 5.41) is 3.08. The molecule has 0 bridgehead atoms. The van der Waals surface area contributed by atoms with E-state index in [-0.39, 0.29) is 5.82 Å². The second kappa shape index (κ2) is 4.90. The average Bonchev–Trinajstić information content (AvgIpc) is 2.30. The normalized spacial score (nSPS) is 10.4. The van der Waals surface area contributed by atoms with Crippen LogP contribution >= 0.6 is 0 Å². The van der Waals surface area contributed by atoms with Gasteiger partial charge in [-0.1, -0.05) is 36.4 Å². The van der Waals surface area contributed by atoms with Crippen LogP contribution in [0.4, 0.5) is 4.39 Å². The van der Waals surface area contributed by atoms with Gasteiger partial charge in [0.1, 0.15) is 5.82 Å². The summed E-state index contributed by atoms with van der Waals surface area (Å²) in [7, 11) is 1.90. The summed E-state index contributed by atoms with van der Waals surface area (Å²) in [6.45, 7) is 0.794. The first-order valence-corrected chi connectivity index (χ1v) is 5.29. The summed E-state index contributed by atoms with van der Waals surface area (Å²) in [5.41, 5.74) is 2.73. The first-order chi connectivity index (χ1) is 7.81. The van der Waals surface area contributed by atoms with Crippen molar-refractivity contribution in [2.24, 2.45) is 0 Å². The zero-order valence-electron chi connectivity index (χ0n) is 9.20. The maximum Gasteiger partial charge on any atom is 0.131 e. The fraction of sp³-hybridized carbons (Fsp3) is 0.143. The summed E-state index contributed by atoms with van der Waals surface area (Å²) in [5.74, 6) is -0.177. The topological polar surface area (TPSA) is 12.0 Å². The number of hydrogen-bond donors (Lipinski definition) is 1. The van der Waals surface area contributed by atoms with Crippen molar-refractivity contribution in [2.75, 3.05) is 7.05 Å². The van der Waals surface area contributed by atoms with Gasteiger partial charge in [-0.05, 0) is 30.3 Å². The molecule has 0 unspecified atom stereocenters. The van der Waals surface area contributed by atoms with Gasteiger partial charge in [0.25, 0.3) is 0 Å². The molecule has 82 valence electrons. The van der Waals surface area contributed by atoms with Crippen LogP contribution in [0.25, 0.3) is 11.1 Å². The molecule has 0 fully saturated rings. The molecule has 2 aromatic rings. The van der Waals surface area contributed by atoms with Gasteiger partial charge in [-0.25, -0.2) is 4.39 Å². The van der Waals surface area contributed by atoms with E-state index in [4.69, 9.17) is 0 Å². The number of halogens is 1. The van der Waals surface area contributed by atoms with E-state index in [9.17, 15) is 4.39 Å². The highest BCUT2D eigenvalue weighted by molar-refractivity contribution is 5.64. The largest absolute Gasteiger partial charge is 0.316 e. The first kappa shape index (κ1) is 10.8. The number of nitrogens with one attached hydrogen (secondary N) is 1. The van der Waals surface area contributed by atoms with Crippen molar-refractivity contribution >= 4 is 0 Å². The fourth-order valence-corrected chi connectivity index (χ4v) is 1.75. The smallest absolute Gasteiger partial charge is 0.131 e. The van der Waals surface area contributed by atoms with Gasteiger partial charge in [-0.15, -0.1) is 0 Å². The van der Waals surface area contributed by atoms with Crippen molar-refractivity contribution in [3.8, 4) is 11.1 Å². The quantitative estimate of drug-likeness (QED) is 0.829. The molecule has 0 radical (unpaired) electrons. The third-order valence-corrected chi connectivity index (χ3v) is 2.49. The molecule has 0 saturated heterocycles. The highest BCUT2D eigenvalue weighted by Gasteiger charge is 2.03. The second-order valence-electron chi connectivity index (χ2n) is 3.71. The van der Waals surface area contributed by atoms with Crippen molar-refractivity contribution in [3.05, 3.63) is 59.9 Å². The predicted octanol–water partition coefficient (Wildman–Crippen LogP) is 3.21. The van der Waals surface area contributed by atoms with E-state index in [0.717, 1.165) is 17.7 Å².